The van der Waals surface area contributed by atoms with Crippen molar-refractivity contribution in [1.29, 1.82) is 0 Å². The molecule has 4 nitrogen and oxygen atoms in total. The summed E-state index contributed by atoms with van der Waals surface area (Å²) in [5.74, 6) is 0.755. The number of carbonyl (C=O) groups excluding carboxylic acids is 2. The third kappa shape index (κ3) is 7.60. The summed E-state index contributed by atoms with van der Waals surface area (Å²) in [6, 6.07) is 12.1. The fraction of sp³-hybridized carbons (Fsp3) is 0.500. The van der Waals surface area contributed by atoms with Gasteiger partial charge in [-0.2, -0.15) is 0 Å². The van der Waals surface area contributed by atoms with E-state index in [2.05, 4.69) is 13.8 Å². The third-order valence-corrected chi connectivity index (χ3v) is 6.76. The predicted molar refractivity (Wildman–Crippen MR) is 132 cm³/mol. The van der Waals surface area contributed by atoms with Crippen LogP contribution in [0.5, 0.6) is 11.5 Å². The lowest BCUT2D eigenvalue weighted by molar-refractivity contribution is -0.140. The summed E-state index contributed by atoms with van der Waals surface area (Å²) in [6.07, 6.45) is 11.1. The Bertz CT molecular complexity index is 914. The van der Waals surface area contributed by atoms with Gasteiger partial charge in [0.05, 0.1) is 16.5 Å². The van der Waals surface area contributed by atoms with Crippen molar-refractivity contribution < 1.29 is 19.1 Å². The Kier molecular flexibility index (Phi) is 9.80. The maximum Gasteiger partial charge on any atom is 0.345 e. The van der Waals surface area contributed by atoms with Gasteiger partial charge in [0.25, 0.3) is 0 Å². The van der Waals surface area contributed by atoms with Gasteiger partial charge in [-0.05, 0) is 67.9 Å². The Morgan fingerprint density at radius 3 is 2.21 bits per heavy atom. The van der Waals surface area contributed by atoms with Crippen LogP contribution < -0.4 is 9.47 Å². The maximum atomic E-state index is 12.6. The molecular formula is C28H35ClO4. The molecule has 0 bridgehead atoms. The number of ether oxygens (including phenoxy) is 2. The van der Waals surface area contributed by atoms with Crippen LogP contribution in [0.1, 0.15) is 87.6 Å². The number of benzene rings is 2. The molecule has 0 atom stereocenters. The van der Waals surface area contributed by atoms with E-state index in [1.807, 2.05) is 12.1 Å². The van der Waals surface area contributed by atoms with Crippen LogP contribution >= 0.6 is 11.6 Å². The molecule has 0 heterocycles. The molecule has 33 heavy (non-hydrogen) atoms. The largest absolute Gasteiger partial charge is 0.426 e. The molecule has 5 heteroatoms. The minimum Gasteiger partial charge on any atom is -0.426 e. The number of rotatable bonds is 10. The van der Waals surface area contributed by atoms with Crippen LogP contribution in [0.3, 0.4) is 0 Å². The predicted octanol–water partition coefficient (Wildman–Crippen LogP) is 7.80. The molecule has 3 rings (SSSR count). The zero-order valence-electron chi connectivity index (χ0n) is 19.8. The van der Waals surface area contributed by atoms with Gasteiger partial charge in [-0.1, -0.05) is 69.7 Å². The summed E-state index contributed by atoms with van der Waals surface area (Å²) in [7, 11) is 0. The molecule has 0 aliphatic heterocycles. The number of hydrogen-bond acceptors (Lipinski definition) is 4. The van der Waals surface area contributed by atoms with Gasteiger partial charge >= 0.3 is 11.9 Å². The van der Waals surface area contributed by atoms with Crippen molar-refractivity contribution in [3.8, 4) is 11.5 Å². The van der Waals surface area contributed by atoms with Crippen molar-refractivity contribution in [3.63, 3.8) is 0 Å². The molecule has 0 amide bonds. The number of hydrogen-bond donors (Lipinski definition) is 0. The standard InChI is InChI=1S/C28H35ClO4/c1-3-5-6-8-21-9-13-22(14-10-21)27(30)33-24-17-18-25(26(29)19-24)28(31)32-23-15-11-20(7-4-2)12-16-23/h11-12,15-19,21-22H,3-10,13-14H2,1-2H3. The van der Waals surface area contributed by atoms with E-state index in [-0.39, 0.29) is 22.5 Å². The average Bonchev–Trinajstić information content (AvgIpc) is 2.81. The topological polar surface area (TPSA) is 52.6 Å². The number of carbonyl (C=O) groups is 2. The fourth-order valence-corrected chi connectivity index (χ4v) is 4.72. The molecule has 0 saturated heterocycles. The van der Waals surface area contributed by atoms with Crippen LogP contribution in [0.4, 0.5) is 0 Å². The molecule has 0 unspecified atom stereocenters. The average molecular weight is 471 g/mol. The highest BCUT2D eigenvalue weighted by Gasteiger charge is 2.27. The van der Waals surface area contributed by atoms with Crippen molar-refractivity contribution in [3.05, 3.63) is 58.6 Å². The molecule has 1 aliphatic carbocycles. The Morgan fingerprint density at radius 2 is 1.58 bits per heavy atom. The summed E-state index contributed by atoms with van der Waals surface area (Å²) >= 11 is 6.31. The van der Waals surface area contributed by atoms with Gasteiger partial charge in [-0.25, -0.2) is 4.79 Å². The van der Waals surface area contributed by atoms with Gasteiger partial charge in [0.1, 0.15) is 11.5 Å². The quantitative estimate of drug-likeness (QED) is 0.202. The molecule has 2 aromatic carbocycles. The lowest BCUT2D eigenvalue weighted by Crippen LogP contribution is -2.25. The van der Waals surface area contributed by atoms with Crippen molar-refractivity contribution in [1.82, 2.24) is 0 Å². The minimum absolute atomic E-state index is 0.0634. The number of esters is 2. The first-order valence-electron chi connectivity index (χ1n) is 12.3. The van der Waals surface area contributed by atoms with E-state index in [9.17, 15) is 9.59 Å². The maximum absolute atomic E-state index is 12.6. The smallest absolute Gasteiger partial charge is 0.345 e. The highest BCUT2D eigenvalue weighted by atomic mass is 35.5. The summed E-state index contributed by atoms with van der Waals surface area (Å²) < 4.78 is 11.0. The zero-order chi connectivity index (χ0) is 23.6. The highest BCUT2D eigenvalue weighted by Crippen LogP contribution is 2.33. The second kappa shape index (κ2) is 12.8. The van der Waals surface area contributed by atoms with Crippen LogP contribution in [0.2, 0.25) is 5.02 Å². The molecular weight excluding hydrogens is 436 g/mol. The fourth-order valence-electron chi connectivity index (χ4n) is 4.47. The lowest BCUT2D eigenvalue weighted by atomic mass is 9.80. The summed E-state index contributed by atoms with van der Waals surface area (Å²) in [6.45, 7) is 4.34. The second-order valence-corrected chi connectivity index (χ2v) is 9.47. The molecule has 0 N–H and O–H groups in total. The number of aryl methyl sites for hydroxylation is 1. The van der Waals surface area contributed by atoms with Crippen molar-refractivity contribution in [2.45, 2.75) is 78.1 Å². The summed E-state index contributed by atoms with van der Waals surface area (Å²) in [4.78, 5) is 25.2. The monoisotopic (exact) mass is 470 g/mol. The van der Waals surface area contributed by atoms with Crippen LogP contribution in [-0.4, -0.2) is 11.9 Å². The van der Waals surface area contributed by atoms with Crippen molar-refractivity contribution >= 4 is 23.5 Å². The van der Waals surface area contributed by atoms with E-state index in [0.29, 0.717) is 11.5 Å². The Balaban J connectivity index is 1.51. The van der Waals surface area contributed by atoms with Gasteiger partial charge in [0, 0.05) is 6.07 Å². The minimum atomic E-state index is -0.539. The first-order chi connectivity index (χ1) is 16.0. The molecule has 2 aromatic rings. The SMILES string of the molecule is CCCCCC1CCC(C(=O)Oc2ccc(C(=O)Oc3ccc(CCC)cc3)c(Cl)c2)CC1. The second-order valence-electron chi connectivity index (χ2n) is 9.06. The van der Waals surface area contributed by atoms with E-state index in [1.165, 1.54) is 37.3 Å². The van der Waals surface area contributed by atoms with Gasteiger partial charge in [-0.15, -0.1) is 0 Å². The lowest BCUT2D eigenvalue weighted by Gasteiger charge is -2.27. The van der Waals surface area contributed by atoms with E-state index in [0.717, 1.165) is 44.4 Å². The van der Waals surface area contributed by atoms with E-state index in [4.69, 9.17) is 21.1 Å². The van der Waals surface area contributed by atoms with Crippen LogP contribution in [-0.2, 0) is 11.2 Å². The first-order valence-corrected chi connectivity index (χ1v) is 12.7. The highest BCUT2D eigenvalue weighted by molar-refractivity contribution is 6.33. The summed E-state index contributed by atoms with van der Waals surface area (Å²) in [5, 5.41) is 0.201. The molecule has 0 aromatic heterocycles. The molecule has 1 aliphatic rings. The van der Waals surface area contributed by atoms with Crippen LogP contribution in [0.25, 0.3) is 0 Å². The van der Waals surface area contributed by atoms with Crippen molar-refractivity contribution in [2.24, 2.45) is 11.8 Å². The third-order valence-electron chi connectivity index (χ3n) is 6.45. The van der Waals surface area contributed by atoms with Crippen LogP contribution in [0.15, 0.2) is 42.5 Å². The van der Waals surface area contributed by atoms with Crippen LogP contribution in [0, 0.1) is 11.8 Å². The van der Waals surface area contributed by atoms with Gasteiger partial charge in [0.2, 0.25) is 0 Å². The molecule has 0 radical (unpaired) electrons. The van der Waals surface area contributed by atoms with E-state index >= 15 is 0 Å². The molecule has 1 fully saturated rings. The Morgan fingerprint density at radius 1 is 0.879 bits per heavy atom. The van der Waals surface area contributed by atoms with E-state index in [1.54, 1.807) is 24.3 Å². The van der Waals surface area contributed by atoms with Crippen molar-refractivity contribution in [2.75, 3.05) is 0 Å². The molecule has 0 spiro atoms. The zero-order valence-corrected chi connectivity index (χ0v) is 20.5. The van der Waals surface area contributed by atoms with Gasteiger partial charge < -0.3 is 9.47 Å². The molecule has 1 saturated carbocycles. The number of unbranched alkanes of at least 4 members (excludes halogenated alkanes) is 2. The number of halogens is 1. The Labute approximate surface area is 202 Å². The molecule has 178 valence electrons. The van der Waals surface area contributed by atoms with Gasteiger partial charge in [-0.3, -0.25) is 4.79 Å². The van der Waals surface area contributed by atoms with Gasteiger partial charge in [0.15, 0.2) is 0 Å². The summed E-state index contributed by atoms with van der Waals surface area (Å²) in [5.41, 5.74) is 1.44. The normalized spacial score (nSPS) is 18.0. The first kappa shape index (κ1) is 25.3. The van der Waals surface area contributed by atoms with E-state index < -0.39 is 5.97 Å². The Hall–Kier alpha value is -2.33.